The van der Waals surface area contributed by atoms with Crippen molar-refractivity contribution in [1.29, 1.82) is 0 Å². The van der Waals surface area contributed by atoms with Crippen LogP contribution in [-0.4, -0.2) is 20.1 Å². The van der Waals surface area contributed by atoms with Gasteiger partial charge in [-0.15, -0.1) is 12.4 Å². The molecule has 14 heavy (non-hydrogen) atoms. The number of hydrogen-bond donors (Lipinski definition) is 2. The lowest BCUT2D eigenvalue weighted by molar-refractivity contribution is 0.259. The molecule has 0 saturated heterocycles. The molecule has 4 nitrogen and oxygen atoms in total. The molecule has 0 saturated carbocycles. The fraction of sp³-hybridized carbons (Fsp3) is 0.222. The maximum atomic E-state index is 10.5. The van der Waals surface area contributed by atoms with E-state index in [9.17, 15) is 4.79 Å². The maximum absolute atomic E-state index is 10.5. The summed E-state index contributed by atoms with van der Waals surface area (Å²) >= 11 is 0. The van der Waals surface area contributed by atoms with Gasteiger partial charge >= 0.3 is 6.03 Å². The normalized spacial score (nSPS) is 8.71. The number of carbonyl (C=O) groups is 1. The van der Waals surface area contributed by atoms with E-state index in [0.29, 0.717) is 5.69 Å². The largest absolute Gasteiger partial charge is 0.378 e. The van der Waals surface area contributed by atoms with Crippen LogP contribution in [0.3, 0.4) is 0 Å². The first-order valence-corrected chi connectivity index (χ1v) is 3.93. The third-order valence-corrected chi connectivity index (χ3v) is 1.63. The summed E-state index contributed by atoms with van der Waals surface area (Å²) in [5.74, 6) is 0. The average Bonchev–Trinajstić information content (AvgIpc) is 2.03. The van der Waals surface area contributed by atoms with Crippen molar-refractivity contribution in [3.63, 3.8) is 0 Å². The van der Waals surface area contributed by atoms with Crippen LogP contribution in [-0.2, 0) is 0 Å². The van der Waals surface area contributed by atoms with Crippen LogP contribution in [0, 0.1) is 0 Å². The number of primary amides is 1. The van der Waals surface area contributed by atoms with Gasteiger partial charge in [-0.3, -0.25) is 0 Å². The first-order valence-electron chi connectivity index (χ1n) is 3.93. The van der Waals surface area contributed by atoms with E-state index in [0.717, 1.165) is 5.69 Å². The van der Waals surface area contributed by atoms with Crippen molar-refractivity contribution in [2.45, 2.75) is 0 Å². The van der Waals surface area contributed by atoms with Gasteiger partial charge in [-0.2, -0.15) is 0 Å². The maximum Gasteiger partial charge on any atom is 0.316 e. The van der Waals surface area contributed by atoms with Crippen LogP contribution in [0.1, 0.15) is 0 Å². The molecule has 0 spiro atoms. The molecule has 0 fully saturated rings. The van der Waals surface area contributed by atoms with Gasteiger partial charge in [0.15, 0.2) is 0 Å². The van der Waals surface area contributed by atoms with Crippen molar-refractivity contribution in [2.24, 2.45) is 5.73 Å². The number of amides is 2. The van der Waals surface area contributed by atoms with Crippen LogP contribution in [0.2, 0.25) is 0 Å². The molecule has 0 atom stereocenters. The molecule has 3 N–H and O–H groups in total. The van der Waals surface area contributed by atoms with Gasteiger partial charge in [0, 0.05) is 25.5 Å². The number of nitrogens with one attached hydrogen (secondary N) is 1. The van der Waals surface area contributed by atoms with Gasteiger partial charge < -0.3 is 16.0 Å². The Morgan fingerprint density at radius 2 is 2.07 bits per heavy atom. The molecule has 2 amide bonds. The number of carbonyl (C=O) groups excluding carboxylic acids is 1. The number of anilines is 2. The van der Waals surface area contributed by atoms with Crippen molar-refractivity contribution in [3.05, 3.63) is 24.3 Å². The van der Waals surface area contributed by atoms with E-state index in [2.05, 4.69) is 5.32 Å². The van der Waals surface area contributed by atoms with Crippen molar-refractivity contribution < 1.29 is 4.79 Å². The predicted molar refractivity (Wildman–Crippen MR) is 61.2 cm³/mol. The number of benzene rings is 1. The Balaban J connectivity index is 0.00000169. The number of urea groups is 1. The third kappa shape index (κ3) is 3.53. The van der Waals surface area contributed by atoms with E-state index < -0.39 is 6.03 Å². The molecule has 0 aromatic heterocycles. The number of nitrogens with zero attached hydrogens (tertiary/aromatic N) is 1. The quantitative estimate of drug-likeness (QED) is 0.789. The van der Waals surface area contributed by atoms with Gasteiger partial charge in [0.05, 0.1) is 0 Å². The summed E-state index contributed by atoms with van der Waals surface area (Å²) in [6, 6.07) is 6.91. The smallest absolute Gasteiger partial charge is 0.316 e. The summed E-state index contributed by atoms with van der Waals surface area (Å²) in [6.45, 7) is 0. The second kappa shape index (κ2) is 5.34. The highest BCUT2D eigenvalue weighted by Crippen LogP contribution is 2.16. The van der Waals surface area contributed by atoms with Gasteiger partial charge in [0.2, 0.25) is 0 Å². The monoisotopic (exact) mass is 215 g/mol. The molecule has 0 unspecified atom stereocenters. The number of rotatable bonds is 2. The van der Waals surface area contributed by atoms with Crippen molar-refractivity contribution in [3.8, 4) is 0 Å². The minimum Gasteiger partial charge on any atom is -0.378 e. The zero-order valence-electron chi connectivity index (χ0n) is 8.15. The Kier molecular flexibility index (Phi) is 4.80. The standard InChI is InChI=1S/C9H13N3O.ClH/c1-12(2)8-5-3-4-7(6-8)11-9(10)13;/h3-6H,1-2H3,(H3,10,11,13);1H. The average molecular weight is 216 g/mol. The van der Waals surface area contributed by atoms with Gasteiger partial charge in [0.25, 0.3) is 0 Å². The molecule has 78 valence electrons. The molecule has 1 aromatic rings. The van der Waals surface area contributed by atoms with Crippen LogP contribution in [0.5, 0.6) is 0 Å². The highest BCUT2D eigenvalue weighted by Gasteiger charge is 1.98. The van der Waals surface area contributed by atoms with Crippen LogP contribution in [0.25, 0.3) is 0 Å². The number of hydrogen-bond acceptors (Lipinski definition) is 2. The Labute approximate surface area is 89.5 Å². The fourth-order valence-electron chi connectivity index (χ4n) is 1.00. The van der Waals surface area contributed by atoms with Crippen molar-refractivity contribution in [2.75, 3.05) is 24.3 Å². The number of halogens is 1. The van der Waals surface area contributed by atoms with E-state index >= 15 is 0 Å². The molecular formula is C9H14ClN3O. The SMILES string of the molecule is CN(C)c1cccc(NC(N)=O)c1.Cl. The molecule has 0 radical (unpaired) electrons. The minimum atomic E-state index is -0.545. The van der Waals surface area contributed by atoms with Crippen LogP contribution < -0.4 is 16.0 Å². The van der Waals surface area contributed by atoms with E-state index in [1.54, 1.807) is 6.07 Å². The van der Waals surface area contributed by atoms with Gasteiger partial charge in [0.1, 0.15) is 0 Å². The zero-order valence-corrected chi connectivity index (χ0v) is 8.97. The first-order chi connectivity index (χ1) is 6.09. The Hall–Kier alpha value is -1.42. The lowest BCUT2D eigenvalue weighted by Crippen LogP contribution is -2.19. The Morgan fingerprint density at radius 3 is 2.57 bits per heavy atom. The topological polar surface area (TPSA) is 58.4 Å². The molecular weight excluding hydrogens is 202 g/mol. The second-order valence-corrected chi connectivity index (χ2v) is 2.93. The molecule has 0 bridgehead atoms. The highest BCUT2D eigenvalue weighted by molar-refractivity contribution is 5.88. The molecule has 0 aliphatic carbocycles. The summed E-state index contributed by atoms with van der Waals surface area (Å²) in [7, 11) is 3.87. The molecule has 0 heterocycles. The van der Waals surface area contributed by atoms with Crippen LogP contribution >= 0.6 is 12.4 Å². The van der Waals surface area contributed by atoms with E-state index in [1.165, 1.54) is 0 Å². The van der Waals surface area contributed by atoms with Crippen molar-refractivity contribution in [1.82, 2.24) is 0 Å². The van der Waals surface area contributed by atoms with Gasteiger partial charge in [-0.25, -0.2) is 4.79 Å². The van der Waals surface area contributed by atoms with Crippen molar-refractivity contribution >= 4 is 29.8 Å². The molecule has 0 aliphatic heterocycles. The summed E-state index contributed by atoms with van der Waals surface area (Å²) in [6.07, 6.45) is 0. The molecule has 5 heteroatoms. The molecule has 1 aromatic carbocycles. The Morgan fingerprint density at radius 1 is 1.43 bits per heavy atom. The lowest BCUT2D eigenvalue weighted by atomic mass is 10.2. The third-order valence-electron chi connectivity index (χ3n) is 1.63. The summed E-state index contributed by atoms with van der Waals surface area (Å²) < 4.78 is 0. The van der Waals surface area contributed by atoms with Crippen LogP contribution in [0.15, 0.2) is 24.3 Å². The van der Waals surface area contributed by atoms with Gasteiger partial charge in [-0.05, 0) is 18.2 Å². The van der Waals surface area contributed by atoms with E-state index in [-0.39, 0.29) is 12.4 Å². The summed E-state index contributed by atoms with van der Waals surface area (Å²) in [5, 5.41) is 2.51. The summed E-state index contributed by atoms with van der Waals surface area (Å²) in [5.41, 5.74) is 6.71. The van der Waals surface area contributed by atoms with E-state index in [4.69, 9.17) is 5.73 Å². The lowest BCUT2D eigenvalue weighted by Gasteiger charge is -2.13. The number of nitrogens with two attached hydrogens (primary N) is 1. The first kappa shape index (κ1) is 12.6. The van der Waals surface area contributed by atoms with Crippen LogP contribution in [0.4, 0.5) is 16.2 Å². The highest BCUT2D eigenvalue weighted by atomic mass is 35.5. The fourth-order valence-corrected chi connectivity index (χ4v) is 1.00. The Bertz CT molecular complexity index is 315. The second-order valence-electron chi connectivity index (χ2n) is 2.93. The molecule has 1 rings (SSSR count). The zero-order chi connectivity index (χ0) is 9.84. The predicted octanol–water partition coefficient (Wildman–Crippen LogP) is 1.67. The van der Waals surface area contributed by atoms with Gasteiger partial charge in [-0.1, -0.05) is 6.07 Å². The summed E-state index contributed by atoms with van der Waals surface area (Å²) in [4.78, 5) is 12.5. The molecule has 0 aliphatic rings. The minimum absolute atomic E-state index is 0. The van der Waals surface area contributed by atoms with E-state index in [1.807, 2.05) is 37.2 Å².